The number of nitrogens with one attached hydrogen (secondary N) is 1. The fourth-order valence-corrected chi connectivity index (χ4v) is 2.20. The average Bonchev–Trinajstić information content (AvgIpc) is 2.84. The van der Waals surface area contributed by atoms with Crippen LogP contribution in [-0.2, 0) is 7.05 Å². The molecular formula is C12H11ClN4. The van der Waals surface area contributed by atoms with Gasteiger partial charge in [0.2, 0.25) is 0 Å². The van der Waals surface area contributed by atoms with Crippen molar-refractivity contribution in [1.29, 1.82) is 0 Å². The lowest BCUT2D eigenvalue weighted by atomic mass is 10.2. The first-order chi connectivity index (χ1) is 8.15. The third-order valence-electron chi connectivity index (χ3n) is 2.88. The highest BCUT2D eigenvalue weighted by Gasteiger charge is 2.10. The van der Waals surface area contributed by atoms with E-state index in [0.717, 1.165) is 27.3 Å². The second-order valence-electron chi connectivity index (χ2n) is 4.00. The van der Waals surface area contributed by atoms with Gasteiger partial charge in [0, 0.05) is 29.0 Å². The summed E-state index contributed by atoms with van der Waals surface area (Å²) >= 11 is 6.00. The molecule has 0 aliphatic heterocycles. The third kappa shape index (κ3) is 1.57. The first-order valence-corrected chi connectivity index (χ1v) is 5.59. The molecule has 3 aromatic rings. The van der Waals surface area contributed by atoms with E-state index >= 15 is 0 Å². The van der Waals surface area contributed by atoms with Crippen LogP contribution in [0.2, 0.25) is 5.02 Å². The molecule has 4 nitrogen and oxygen atoms in total. The molecular weight excluding hydrogens is 236 g/mol. The largest absolute Gasteiger partial charge is 0.382 e. The summed E-state index contributed by atoms with van der Waals surface area (Å²) in [6.45, 7) is 0. The summed E-state index contributed by atoms with van der Waals surface area (Å²) in [5.74, 6) is 0.489. The van der Waals surface area contributed by atoms with E-state index in [4.69, 9.17) is 17.3 Å². The fourth-order valence-electron chi connectivity index (χ4n) is 2.03. The number of nitrogens with two attached hydrogens (primary N) is 1. The lowest BCUT2D eigenvalue weighted by molar-refractivity contribution is 0.964. The second kappa shape index (κ2) is 3.53. The molecule has 0 aliphatic carbocycles. The lowest BCUT2D eigenvalue weighted by Gasteiger charge is -2.01. The van der Waals surface area contributed by atoms with E-state index in [1.807, 2.05) is 31.3 Å². The molecule has 2 heterocycles. The molecule has 2 aromatic heterocycles. The van der Waals surface area contributed by atoms with Crippen LogP contribution in [0.1, 0.15) is 0 Å². The average molecular weight is 247 g/mol. The van der Waals surface area contributed by atoms with Gasteiger partial charge in [-0.15, -0.1) is 0 Å². The van der Waals surface area contributed by atoms with E-state index < -0.39 is 0 Å². The van der Waals surface area contributed by atoms with Crippen LogP contribution >= 0.6 is 11.6 Å². The highest BCUT2D eigenvalue weighted by Crippen LogP contribution is 2.28. The Labute approximate surface area is 103 Å². The maximum Gasteiger partial charge on any atom is 0.145 e. The predicted molar refractivity (Wildman–Crippen MR) is 69.9 cm³/mol. The quantitative estimate of drug-likeness (QED) is 0.694. The molecule has 0 amide bonds. The van der Waals surface area contributed by atoms with Gasteiger partial charge in [-0.3, -0.25) is 5.10 Å². The van der Waals surface area contributed by atoms with Crippen LogP contribution in [0.25, 0.3) is 22.3 Å². The van der Waals surface area contributed by atoms with Crippen molar-refractivity contribution in [3.8, 4) is 11.4 Å². The Morgan fingerprint density at radius 2 is 2.12 bits per heavy atom. The minimum atomic E-state index is 0.489. The van der Waals surface area contributed by atoms with Gasteiger partial charge in [0.1, 0.15) is 5.82 Å². The molecule has 0 aliphatic rings. The molecule has 0 saturated heterocycles. The Morgan fingerprint density at radius 1 is 1.29 bits per heavy atom. The topological polar surface area (TPSA) is 59.6 Å². The zero-order valence-electron chi connectivity index (χ0n) is 9.24. The zero-order chi connectivity index (χ0) is 12.0. The van der Waals surface area contributed by atoms with Crippen molar-refractivity contribution < 1.29 is 0 Å². The van der Waals surface area contributed by atoms with Crippen molar-refractivity contribution in [3.63, 3.8) is 0 Å². The smallest absolute Gasteiger partial charge is 0.145 e. The minimum absolute atomic E-state index is 0.489. The maximum atomic E-state index is 6.00. The highest BCUT2D eigenvalue weighted by atomic mass is 35.5. The molecule has 0 spiro atoms. The molecule has 3 rings (SSSR count). The number of aromatic nitrogens is 3. The number of aryl methyl sites for hydroxylation is 1. The monoisotopic (exact) mass is 246 g/mol. The number of halogens is 1. The molecule has 3 N–H and O–H groups in total. The number of nitrogen functional groups attached to an aromatic ring is 1. The number of hydrogen-bond acceptors (Lipinski definition) is 2. The Bertz CT molecular complexity index is 696. The summed E-state index contributed by atoms with van der Waals surface area (Å²) in [5.41, 5.74) is 8.63. The molecule has 17 heavy (non-hydrogen) atoms. The Morgan fingerprint density at radius 3 is 2.82 bits per heavy atom. The van der Waals surface area contributed by atoms with Crippen molar-refractivity contribution in [2.75, 3.05) is 5.73 Å². The summed E-state index contributed by atoms with van der Waals surface area (Å²) in [4.78, 5) is 0. The number of anilines is 1. The maximum absolute atomic E-state index is 6.00. The molecule has 0 fully saturated rings. The molecule has 86 valence electrons. The molecule has 5 heteroatoms. The third-order valence-corrected chi connectivity index (χ3v) is 3.12. The van der Waals surface area contributed by atoms with E-state index in [0.29, 0.717) is 5.82 Å². The van der Waals surface area contributed by atoms with Crippen LogP contribution in [0, 0.1) is 0 Å². The summed E-state index contributed by atoms with van der Waals surface area (Å²) in [6.07, 6.45) is 0. The standard InChI is InChI=1S/C12H11ClN4/c1-17-10-5-8(13)3-2-7(10)4-11(17)9-6-12(14)16-15-9/h2-6H,1H3,(H3,14,15,16). The Balaban J connectivity index is 2.27. The van der Waals surface area contributed by atoms with E-state index in [2.05, 4.69) is 20.8 Å². The van der Waals surface area contributed by atoms with Crippen molar-refractivity contribution in [1.82, 2.24) is 14.8 Å². The van der Waals surface area contributed by atoms with E-state index in [-0.39, 0.29) is 0 Å². The Hall–Kier alpha value is -1.94. The highest BCUT2D eigenvalue weighted by molar-refractivity contribution is 6.31. The van der Waals surface area contributed by atoms with Gasteiger partial charge in [0.05, 0.1) is 11.4 Å². The van der Waals surface area contributed by atoms with Gasteiger partial charge < -0.3 is 10.3 Å². The summed E-state index contributed by atoms with van der Waals surface area (Å²) in [5, 5.41) is 8.71. The van der Waals surface area contributed by atoms with Gasteiger partial charge in [-0.1, -0.05) is 17.7 Å². The second-order valence-corrected chi connectivity index (χ2v) is 4.43. The fraction of sp³-hybridized carbons (Fsp3) is 0.0833. The first kappa shape index (κ1) is 10.2. The van der Waals surface area contributed by atoms with E-state index in [1.165, 1.54) is 0 Å². The molecule has 0 bridgehead atoms. The van der Waals surface area contributed by atoms with Gasteiger partial charge in [0.25, 0.3) is 0 Å². The van der Waals surface area contributed by atoms with Gasteiger partial charge >= 0.3 is 0 Å². The zero-order valence-corrected chi connectivity index (χ0v) is 9.99. The first-order valence-electron chi connectivity index (χ1n) is 5.21. The number of rotatable bonds is 1. The predicted octanol–water partition coefficient (Wildman–Crippen LogP) is 2.80. The summed E-state index contributed by atoms with van der Waals surface area (Å²) in [7, 11) is 1.99. The number of aromatic amines is 1. The molecule has 0 saturated carbocycles. The summed E-state index contributed by atoms with van der Waals surface area (Å²) in [6, 6.07) is 9.73. The van der Waals surface area contributed by atoms with E-state index in [1.54, 1.807) is 0 Å². The molecule has 0 unspecified atom stereocenters. The van der Waals surface area contributed by atoms with E-state index in [9.17, 15) is 0 Å². The van der Waals surface area contributed by atoms with Crippen LogP contribution in [-0.4, -0.2) is 14.8 Å². The van der Waals surface area contributed by atoms with Gasteiger partial charge in [-0.05, 0) is 18.2 Å². The Kier molecular flexibility index (Phi) is 2.12. The van der Waals surface area contributed by atoms with Crippen molar-refractivity contribution in [2.24, 2.45) is 7.05 Å². The SMILES string of the molecule is Cn1c(-c2cc(N)n[nH]2)cc2ccc(Cl)cc21. The number of H-pyrrole nitrogens is 1. The van der Waals surface area contributed by atoms with Crippen LogP contribution < -0.4 is 5.73 Å². The minimum Gasteiger partial charge on any atom is -0.382 e. The van der Waals surface area contributed by atoms with Crippen molar-refractivity contribution >= 4 is 28.3 Å². The number of fused-ring (bicyclic) bond motifs is 1. The van der Waals surface area contributed by atoms with Crippen molar-refractivity contribution in [2.45, 2.75) is 0 Å². The van der Waals surface area contributed by atoms with Crippen LogP contribution in [0.15, 0.2) is 30.3 Å². The van der Waals surface area contributed by atoms with Gasteiger partial charge in [-0.25, -0.2) is 0 Å². The van der Waals surface area contributed by atoms with Gasteiger partial charge in [0.15, 0.2) is 0 Å². The van der Waals surface area contributed by atoms with Crippen LogP contribution in [0.5, 0.6) is 0 Å². The number of hydrogen-bond donors (Lipinski definition) is 2. The molecule has 0 radical (unpaired) electrons. The molecule has 0 atom stereocenters. The lowest BCUT2D eigenvalue weighted by Crippen LogP contribution is -1.91. The molecule has 1 aromatic carbocycles. The van der Waals surface area contributed by atoms with Crippen LogP contribution in [0.4, 0.5) is 5.82 Å². The van der Waals surface area contributed by atoms with Crippen molar-refractivity contribution in [3.05, 3.63) is 35.4 Å². The summed E-state index contributed by atoms with van der Waals surface area (Å²) < 4.78 is 2.06. The number of nitrogens with zero attached hydrogens (tertiary/aromatic N) is 2. The van der Waals surface area contributed by atoms with Crippen LogP contribution in [0.3, 0.4) is 0 Å². The normalized spacial score (nSPS) is 11.2. The number of benzene rings is 1. The van der Waals surface area contributed by atoms with Gasteiger partial charge in [-0.2, -0.15) is 5.10 Å².